The van der Waals surface area contributed by atoms with Crippen LogP contribution in [0.4, 0.5) is 0 Å². The van der Waals surface area contributed by atoms with Crippen molar-refractivity contribution in [2.24, 2.45) is 11.3 Å². The predicted molar refractivity (Wildman–Crippen MR) is 62.4 cm³/mol. The summed E-state index contributed by atoms with van der Waals surface area (Å²) in [5.41, 5.74) is -0.214. The molecule has 1 unspecified atom stereocenters. The summed E-state index contributed by atoms with van der Waals surface area (Å²) in [6, 6.07) is 0. The van der Waals surface area contributed by atoms with Crippen molar-refractivity contribution < 1.29 is 5.11 Å². The summed E-state index contributed by atoms with van der Waals surface area (Å²) in [6.45, 7) is 14.3. The van der Waals surface area contributed by atoms with Gasteiger partial charge in [-0.2, -0.15) is 0 Å². The summed E-state index contributed by atoms with van der Waals surface area (Å²) < 4.78 is 0. The molecule has 0 aliphatic heterocycles. The van der Waals surface area contributed by atoms with E-state index in [0.717, 1.165) is 13.0 Å². The van der Waals surface area contributed by atoms with Crippen molar-refractivity contribution in [2.45, 2.75) is 53.6 Å². The van der Waals surface area contributed by atoms with E-state index in [-0.39, 0.29) is 0 Å². The Morgan fingerprint density at radius 1 is 1.14 bits per heavy atom. The van der Waals surface area contributed by atoms with Gasteiger partial charge in [-0.1, -0.05) is 34.6 Å². The SMILES string of the molecule is CC(C)C(C)(O)CNCCC(C)(C)C. The smallest absolute Gasteiger partial charge is 0.0766 e. The van der Waals surface area contributed by atoms with Crippen LogP contribution < -0.4 is 5.32 Å². The quantitative estimate of drug-likeness (QED) is 0.670. The maximum absolute atomic E-state index is 9.96. The Labute approximate surface area is 89.1 Å². The maximum Gasteiger partial charge on any atom is 0.0766 e. The highest BCUT2D eigenvalue weighted by atomic mass is 16.3. The van der Waals surface area contributed by atoms with Crippen molar-refractivity contribution >= 4 is 0 Å². The zero-order chi connectivity index (χ0) is 11.4. The van der Waals surface area contributed by atoms with E-state index < -0.39 is 5.60 Å². The molecule has 0 aromatic carbocycles. The molecule has 86 valence electrons. The molecule has 0 amide bonds. The lowest BCUT2D eigenvalue weighted by atomic mass is 9.91. The fourth-order valence-corrected chi connectivity index (χ4v) is 1.01. The first-order valence-corrected chi connectivity index (χ1v) is 5.58. The van der Waals surface area contributed by atoms with Gasteiger partial charge in [0, 0.05) is 6.54 Å². The van der Waals surface area contributed by atoms with Gasteiger partial charge in [-0.15, -0.1) is 0 Å². The van der Waals surface area contributed by atoms with Crippen molar-refractivity contribution in [3.05, 3.63) is 0 Å². The first kappa shape index (κ1) is 13.9. The molecule has 0 spiro atoms. The van der Waals surface area contributed by atoms with Gasteiger partial charge < -0.3 is 10.4 Å². The van der Waals surface area contributed by atoms with Crippen LogP contribution in [0.15, 0.2) is 0 Å². The Morgan fingerprint density at radius 2 is 1.64 bits per heavy atom. The van der Waals surface area contributed by atoms with Gasteiger partial charge >= 0.3 is 0 Å². The van der Waals surface area contributed by atoms with Crippen molar-refractivity contribution in [2.75, 3.05) is 13.1 Å². The summed E-state index contributed by atoms with van der Waals surface area (Å²) in [5, 5.41) is 13.3. The van der Waals surface area contributed by atoms with Crippen molar-refractivity contribution in [3.63, 3.8) is 0 Å². The summed E-state index contributed by atoms with van der Waals surface area (Å²) in [4.78, 5) is 0. The monoisotopic (exact) mass is 201 g/mol. The second-order valence-electron chi connectivity index (χ2n) is 6.00. The second-order valence-corrected chi connectivity index (χ2v) is 6.00. The van der Waals surface area contributed by atoms with E-state index in [2.05, 4.69) is 26.1 Å². The lowest BCUT2D eigenvalue weighted by molar-refractivity contribution is 0.0139. The molecule has 2 heteroatoms. The van der Waals surface area contributed by atoms with Gasteiger partial charge in [0.15, 0.2) is 0 Å². The summed E-state index contributed by atoms with van der Waals surface area (Å²) >= 11 is 0. The Bertz CT molecular complexity index is 156. The standard InChI is InChI=1S/C12H27NO/c1-10(2)12(6,14)9-13-8-7-11(3,4)5/h10,13-14H,7-9H2,1-6H3. The Kier molecular flexibility index (Phi) is 5.10. The number of rotatable bonds is 5. The first-order chi connectivity index (χ1) is 6.15. The normalized spacial score (nSPS) is 17.1. The zero-order valence-electron chi connectivity index (χ0n) is 10.6. The number of aliphatic hydroxyl groups is 1. The van der Waals surface area contributed by atoms with Crippen LogP contribution in [0.5, 0.6) is 0 Å². The summed E-state index contributed by atoms with van der Waals surface area (Å²) in [7, 11) is 0. The molecule has 0 aromatic rings. The molecule has 0 rings (SSSR count). The van der Waals surface area contributed by atoms with Crippen LogP contribution >= 0.6 is 0 Å². The molecule has 1 atom stereocenters. The van der Waals surface area contributed by atoms with Crippen LogP contribution in [0.1, 0.15) is 48.0 Å². The lowest BCUT2D eigenvalue weighted by Gasteiger charge is -2.28. The molecule has 0 heterocycles. The van der Waals surface area contributed by atoms with E-state index in [1.807, 2.05) is 20.8 Å². The zero-order valence-corrected chi connectivity index (χ0v) is 10.6. The van der Waals surface area contributed by atoms with E-state index in [1.165, 1.54) is 0 Å². The summed E-state index contributed by atoms with van der Waals surface area (Å²) in [5.74, 6) is 0.296. The number of hydrogen-bond acceptors (Lipinski definition) is 2. The molecule has 0 saturated heterocycles. The van der Waals surface area contributed by atoms with Crippen LogP contribution in [0, 0.1) is 11.3 Å². The Morgan fingerprint density at radius 3 is 2.00 bits per heavy atom. The van der Waals surface area contributed by atoms with Gasteiger partial charge in [0.1, 0.15) is 0 Å². The van der Waals surface area contributed by atoms with Crippen LogP contribution in [-0.2, 0) is 0 Å². The van der Waals surface area contributed by atoms with E-state index in [0.29, 0.717) is 17.9 Å². The fourth-order valence-electron chi connectivity index (χ4n) is 1.01. The van der Waals surface area contributed by atoms with Crippen molar-refractivity contribution in [3.8, 4) is 0 Å². The molecular formula is C12H27NO. The van der Waals surface area contributed by atoms with E-state index >= 15 is 0 Å². The topological polar surface area (TPSA) is 32.3 Å². The molecule has 14 heavy (non-hydrogen) atoms. The second kappa shape index (κ2) is 5.13. The van der Waals surface area contributed by atoms with Crippen LogP contribution in [0.2, 0.25) is 0 Å². The minimum Gasteiger partial charge on any atom is -0.389 e. The summed E-state index contributed by atoms with van der Waals surface area (Å²) in [6.07, 6.45) is 1.14. The maximum atomic E-state index is 9.96. The third-order valence-corrected chi connectivity index (χ3v) is 2.78. The predicted octanol–water partition coefficient (Wildman–Crippen LogP) is 2.42. The van der Waals surface area contributed by atoms with Gasteiger partial charge in [-0.25, -0.2) is 0 Å². The minimum absolute atomic E-state index is 0.296. The largest absolute Gasteiger partial charge is 0.389 e. The van der Waals surface area contributed by atoms with E-state index in [9.17, 15) is 5.11 Å². The van der Waals surface area contributed by atoms with E-state index in [4.69, 9.17) is 0 Å². The Balaban J connectivity index is 3.65. The van der Waals surface area contributed by atoms with Crippen molar-refractivity contribution in [1.29, 1.82) is 0 Å². The molecule has 0 radical (unpaired) electrons. The highest BCUT2D eigenvalue weighted by Gasteiger charge is 2.24. The molecular weight excluding hydrogens is 174 g/mol. The third kappa shape index (κ3) is 6.39. The van der Waals surface area contributed by atoms with Crippen LogP contribution in [0.25, 0.3) is 0 Å². The average molecular weight is 201 g/mol. The molecule has 0 aliphatic carbocycles. The molecule has 0 aromatic heterocycles. The lowest BCUT2D eigenvalue weighted by Crippen LogP contribution is -2.42. The van der Waals surface area contributed by atoms with Crippen molar-refractivity contribution in [1.82, 2.24) is 5.32 Å². The third-order valence-electron chi connectivity index (χ3n) is 2.78. The fraction of sp³-hybridized carbons (Fsp3) is 1.00. The number of hydrogen-bond donors (Lipinski definition) is 2. The van der Waals surface area contributed by atoms with Crippen LogP contribution in [0.3, 0.4) is 0 Å². The van der Waals surface area contributed by atoms with Gasteiger partial charge in [0.25, 0.3) is 0 Å². The van der Waals surface area contributed by atoms with Gasteiger partial charge in [0.2, 0.25) is 0 Å². The first-order valence-electron chi connectivity index (χ1n) is 5.58. The van der Waals surface area contributed by atoms with E-state index in [1.54, 1.807) is 0 Å². The van der Waals surface area contributed by atoms with Gasteiger partial charge in [-0.3, -0.25) is 0 Å². The number of nitrogens with one attached hydrogen (secondary N) is 1. The Hall–Kier alpha value is -0.0800. The van der Waals surface area contributed by atoms with Crippen LogP contribution in [-0.4, -0.2) is 23.8 Å². The molecule has 0 aliphatic rings. The molecule has 0 fully saturated rings. The highest BCUT2D eigenvalue weighted by Crippen LogP contribution is 2.18. The molecule has 0 saturated carbocycles. The minimum atomic E-state index is -0.585. The highest BCUT2D eigenvalue weighted by molar-refractivity contribution is 4.79. The van der Waals surface area contributed by atoms with Gasteiger partial charge in [0.05, 0.1) is 5.60 Å². The average Bonchev–Trinajstić information content (AvgIpc) is 1.96. The molecule has 2 nitrogen and oxygen atoms in total. The molecule has 2 N–H and O–H groups in total. The van der Waals surface area contributed by atoms with Gasteiger partial charge in [-0.05, 0) is 31.2 Å². The molecule has 0 bridgehead atoms.